The summed E-state index contributed by atoms with van der Waals surface area (Å²) in [5.74, 6) is 0.266. The van der Waals surface area contributed by atoms with Crippen molar-refractivity contribution in [2.75, 3.05) is 0 Å². The highest BCUT2D eigenvalue weighted by Crippen LogP contribution is 2.42. The zero-order valence-electron chi connectivity index (χ0n) is 21.2. The van der Waals surface area contributed by atoms with E-state index < -0.39 is 23.2 Å². The first-order chi connectivity index (χ1) is 17.0. The lowest BCUT2D eigenvalue weighted by atomic mass is 9.88. The van der Waals surface area contributed by atoms with Crippen LogP contribution in [0.3, 0.4) is 0 Å². The zero-order valence-corrected chi connectivity index (χ0v) is 21.2. The molecule has 0 aromatic heterocycles. The van der Waals surface area contributed by atoms with Crippen LogP contribution in [-0.4, -0.2) is 45.0 Å². The van der Waals surface area contributed by atoms with Crippen molar-refractivity contribution in [3.8, 4) is 5.75 Å². The highest BCUT2D eigenvalue weighted by molar-refractivity contribution is 6.00. The third-order valence-corrected chi connectivity index (χ3v) is 7.89. The summed E-state index contributed by atoms with van der Waals surface area (Å²) in [6, 6.07) is 12.0. The van der Waals surface area contributed by atoms with Crippen molar-refractivity contribution in [3.63, 3.8) is 0 Å². The van der Waals surface area contributed by atoms with Crippen LogP contribution in [0, 0.1) is 5.41 Å². The van der Waals surface area contributed by atoms with Gasteiger partial charge in [-0.3, -0.25) is 19.9 Å². The number of rotatable bonds is 4. The molecule has 5 rings (SSSR count). The summed E-state index contributed by atoms with van der Waals surface area (Å²) >= 11 is 0. The maximum atomic E-state index is 13.4. The molecule has 0 unspecified atom stereocenters. The molecular formula is C28H34N4O4. The maximum Gasteiger partial charge on any atom is 0.251 e. The number of aliphatic hydroxyl groups is 1. The lowest BCUT2D eigenvalue weighted by molar-refractivity contribution is -0.133. The molecule has 2 aromatic rings. The maximum absolute atomic E-state index is 13.4. The molecule has 0 radical (unpaired) electrons. The molecule has 4 N–H and O–H groups in total. The Hall–Kier alpha value is -3.39. The van der Waals surface area contributed by atoms with Crippen molar-refractivity contribution in [2.45, 2.75) is 82.7 Å². The van der Waals surface area contributed by atoms with Crippen LogP contribution in [0.15, 0.2) is 42.5 Å². The number of hydrogen-bond acceptors (Lipinski definition) is 5. The van der Waals surface area contributed by atoms with Gasteiger partial charge in [-0.2, -0.15) is 0 Å². The molecule has 2 aliphatic heterocycles. The van der Waals surface area contributed by atoms with Crippen molar-refractivity contribution in [2.24, 2.45) is 0 Å². The number of amides is 2. The number of hydrogen-bond donors (Lipinski definition) is 4. The number of fused-ring (bicyclic) bond motifs is 2. The fourth-order valence-corrected chi connectivity index (χ4v) is 5.73. The van der Waals surface area contributed by atoms with Gasteiger partial charge in [0.15, 0.2) is 5.96 Å². The normalized spacial score (nSPS) is 31.2. The smallest absolute Gasteiger partial charge is 0.251 e. The first kappa shape index (κ1) is 24.3. The number of benzene rings is 2. The molecule has 1 fully saturated rings. The lowest BCUT2D eigenvalue weighted by Crippen LogP contribution is -2.62. The van der Waals surface area contributed by atoms with Gasteiger partial charge < -0.3 is 20.5 Å². The van der Waals surface area contributed by atoms with Crippen molar-refractivity contribution in [1.29, 1.82) is 5.41 Å². The second-order valence-corrected chi connectivity index (χ2v) is 10.9. The molecular weight excluding hydrogens is 456 g/mol. The largest absolute Gasteiger partial charge is 0.490 e. The Morgan fingerprint density at radius 3 is 2.69 bits per heavy atom. The predicted octanol–water partition coefficient (Wildman–Crippen LogP) is 3.60. The van der Waals surface area contributed by atoms with Gasteiger partial charge in [0.1, 0.15) is 5.75 Å². The monoisotopic (exact) mass is 490 g/mol. The summed E-state index contributed by atoms with van der Waals surface area (Å²) in [6.07, 6.45) is 1.86. The molecule has 2 aromatic carbocycles. The summed E-state index contributed by atoms with van der Waals surface area (Å²) in [6.45, 7) is 7.63. The van der Waals surface area contributed by atoms with Crippen molar-refractivity contribution in [3.05, 3.63) is 64.7 Å². The Labute approximate surface area is 211 Å². The van der Waals surface area contributed by atoms with E-state index in [0.29, 0.717) is 36.1 Å². The average molecular weight is 491 g/mol. The second kappa shape index (κ2) is 8.62. The quantitative estimate of drug-likeness (QED) is 0.523. The molecule has 2 amide bonds. The van der Waals surface area contributed by atoms with Gasteiger partial charge in [-0.25, -0.2) is 0 Å². The van der Waals surface area contributed by atoms with Crippen molar-refractivity contribution < 1.29 is 19.4 Å². The van der Waals surface area contributed by atoms with Crippen LogP contribution in [0.2, 0.25) is 0 Å². The number of guanidine groups is 1. The summed E-state index contributed by atoms with van der Waals surface area (Å²) in [7, 11) is 0. The van der Waals surface area contributed by atoms with Gasteiger partial charge in [0, 0.05) is 29.5 Å². The molecule has 5 atom stereocenters. The third-order valence-electron chi connectivity index (χ3n) is 7.89. The number of carbonyl (C=O) groups excluding carboxylic acids is 2. The van der Waals surface area contributed by atoms with Crippen LogP contribution in [-0.2, 0) is 11.2 Å². The Bertz CT molecular complexity index is 1220. The summed E-state index contributed by atoms with van der Waals surface area (Å²) in [5, 5.41) is 25.9. The topological polar surface area (TPSA) is 115 Å². The Kier molecular flexibility index (Phi) is 5.82. The fourth-order valence-electron chi connectivity index (χ4n) is 5.73. The number of nitrogens with zero attached hydrogens (tertiary/aromatic N) is 1. The van der Waals surface area contributed by atoms with Crippen molar-refractivity contribution in [1.82, 2.24) is 15.5 Å². The number of carbonyl (C=O) groups is 2. The Morgan fingerprint density at radius 1 is 1.22 bits per heavy atom. The van der Waals surface area contributed by atoms with Crippen LogP contribution in [0.25, 0.3) is 0 Å². The van der Waals surface area contributed by atoms with Gasteiger partial charge in [0.25, 0.3) is 5.91 Å². The Balaban J connectivity index is 1.44. The van der Waals surface area contributed by atoms with Crippen LogP contribution in [0.4, 0.5) is 0 Å². The molecule has 0 spiro atoms. The molecule has 8 nitrogen and oxygen atoms in total. The van der Waals surface area contributed by atoms with E-state index in [1.54, 1.807) is 25.1 Å². The third kappa shape index (κ3) is 4.13. The van der Waals surface area contributed by atoms with Gasteiger partial charge in [-0.15, -0.1) is 0 Å². The first-order valence-electron chi connectivity index (χ1n) is 12.6. The minimum absolute atomic E-state index is 0.0779. The first-order valence-corrected chi connectivity index (χ1v) is 12.6. The summed E-state index contributed by atoms with van der Waals surface area (Å²) in [5.41, 5.74) is 1.52. The van der Waals surface area contributed by atoms with Gasteiger partial charge in [0.2, 0.25) is 5.91 Å². The molecule has 0 saturated carbocycles. The van der Waals surface area contributed by atoms with Gasteiger partial charge in [-0.1, -0.05) is 31.2 Å². The van der Waals surface area contributed by atoms with E-state index in [-0.39, 0.29) is 23.9 Å². The van der Waals surface area contributed by atoms with E-state index in [1.807, 2.05) is 45.0 Å². The average Bonchev–Trinajstić information content (AvgIpc) is 3.07. The van der Waals surface area contributed by atoms with E-state index in [4.69, 9.17) is 10.1 Å². The van der Waals surface area contributed by atoms with E-state index in [1.165, 1.54) is 4.90 Å². The number of nitrogens with one attached hydrogen (secondary N) is 3. The fraction of sp³-hybridized carbons (Fsp3) is 0.464. The molecule has 190 valence electrons. The van der Waals surface area contributed by atoms with Crippen LogP contribution >= 0.6 is 0 Å². The highest BCUT2D eigenvalue weighted by atomic mass is 16.5. The molecule has 36 heavy (non-hydrogen) atoms. The molecule has 3 aliphatic rings. The molecule has 1 saturated heterocycles. The van der Waals surface area contributed by atoms with Crippen molar-refractivity contribution >= 4 is 17.8 Å². The SMILES string of the molecule is CC[C@]1(C)CC(=O)N([C@@H]2C[C@@H](C)Oc3ccc(C(=O)N[C@@H]4c5ccccc5C[C@@]4(C)O)cc32)C(=N)N1. The molecule has 8 heteroatoms. The Morgan fingerprint density at radius 2 is 1.97 bits per heavy atom. The standard InChI is InChI=1S/C28H34N4O4/c1-5-27(3)15-23(33)32(26(29)31-27)21-12-16(2)36-22-11-10-17(13-20(21)22)25(34)30-24-19-9-7-6-8-18(19)14-28(24,4)35/h6-11,13,16,21,24,35H,5,12,14-15H2,1-4H3,(H2,29,31)(H,30,34)/t16-,21-,24-,27-,28-/m1/s1. The predicted molar refractivity (Wildman–Crippen MR) is 136 cm³/mol. The van der Waals surface area contributed by atoms with E-state index in [0.717, 1.165) is 17.5 Å². The summed E-state index contributed by atoms with van der Waals surface area (Å²) in [4.78, 5) is 28.1. The number of ether oxygens (including phenoxy) is 1. The summed E-state index contributed by atoms with van der Waals surface area (Å²) < 4.78 is 6.03. The molecule has 2 heterocycles. The van der Waals surface area contributed by atoms with E-state index in [9.17, 15) is 14.7 Å². The lowest BCUT2D eigenvalue weighted by Gasteiger charge is -2.45. The molecule has 0 bridgehead atoms. The van der Waals surface area contributed by atoms with E-state index >= 15 is 0 Å². The second-order valence-electron chi connectivity index (χ2n) is 10.9. The van der Waals surface area contributed by atoms with Gasteiger partial charge in [-0.05, 0) is 56.5 Å². The minimum atomic E-state index is -1.10. The minimum Gasteiger partial charge on any atom is -0.490 e. The zero-order chi connectivity index (χ0) is 25.8. The highest BCUT2D eigenvalue weighted by Gasteiger charge is 2.44. The van der Waals surface area contributed by atoms with Gasteiger partial charge >= 0.3 is 0 Å². The van der Waals surface area contributed by atoms with E-state index in [2.05, 4.69) is 10.6 Å². The van der Waals surface area contributed by atoms with Crippen LogP contribution in [0.5, 0.6) is 5.75 Å². The molecule has 1 aliphatic carbocycles. The van der Waals surface area contributed by atoms with Crippen LogP contribution in [0.1, 0.15) is 86.1 Å². The van der Waals surface area contributed by atoms with Crippen LogP contribution < -0.4 is 15.4 Å². The van der Waals surface area contributed by atoms with Gasteiger partial charge in [0.05, 0.1) is 30.2 Å².